The fourth-order valence-electron chi connectivity index (χ4n) is 2.48. The normalized spacial score (nSPS) is 11.0. The highest BCUT2D eigenvalue weighted by Crippen LogP contribution is 2.30. The molecule has 1 heterocycles. The second-order valence-electron chi connectivity index (χ2n) is 5.92. The summed E-state index contributed by atoms with van der Waals surface area (Å²) in [5.74, 6) is 0.781. The van der Waals surface area contributed by atoms with Crippen molar-refractivity contribution in [3.63, 3.8) is 0 Å². The molecule has 29 heavy (non-hydrogen) atoms. The Morgan fingerprint density at radius 2 is 1.66 bits per heavy atom. The van der Waals surface area contributed by atoms with E-state index in [2.05, 4.69) is 4.98 Å². The first-order chi connectivity index (χ1) is 13.8. The minimum atomic E-state index is -4.46. The van der Waals surface area contributed by atoms with Crippen LogP contribution >= 0.6 is 0 Å². The van der Waals surface area contributed by atoms with Crippen molar-refractivity contribution in [1.82, 2.24) is 4.98 Å². The third kappa shape index (κ3) is 5.47. The van der Waals surface area contributed by atoms with Crippen molar-refractivity contribution in [2.75, 3.05) is 7.11 Å². The van der Waals surface area contributed by atoms with Gasteiger partial charge in [-0.3, -0.25) is 4.79 Å². The quantitative estimate of drug-likeness (QED) is 0.426. The Bertz CT molecular complexity index is 970. The molecule has 3 rings (SSSR count). The van der Waals surface area contributed by atoms with E-state index in [4.69, 9.17) is 14.2 Å². The number of halogens is 3. The molecule has 0 amide bonds. The van der Waals surface area contributed by atoms with E-state index in [1.54, 1.807) is 24.3 Å². The van der Waals surface area contributed by atoms with Crippen LogP contribution in [0.3, 0.4) is 0 Å². The number of hydrogen-bond donors (Lipinski definition) is 0. The van der Waals surface area contributed by atoms with E-state index in [0.29, 0.717) is 29.0 Å². The maximum absolute atomic E-state index is 12.5. The summed E-state index contributed by atoms with van der Waals surface area (Å²) in [4.78, 5) is 15.8. The zero-order valence-corrected chi connectivity index (χ0v) is 15.3. The number of hydrogen-bond acceptors (Lipinski definition) is 5. The number of nitrogens with zero attached hydrogens (tertiary/aromatic N) is 1. The number of carbonyl (C=O) groups excluding carboxylic acids is 1. The van der Waals surface area contributed by atoms with Crippen molar-refractivity contribution in [2.24, 2.45) is 0 Å². The number of esters is 1. The molecule has 1 aromatic heterocycles. The van der Waals surface area contributed by atoms with E-state index in [9.17, 15) is 18.0 Å². The Kier molecular flexibility index (Phi) is 6.01. The lowest BCUT2D eigenvalue weighted by Crippen LogP contribution is -2.11. The standard InChI is InChI=1S/C21H16F3NO4/c1-27-18-5-3-2-4-14(18)12-20(26)29-17-9-7-16(8-10-17)28-19-11-6-15(13-25-19)21(22,23)24/h2-11,13H,12H2,1H3. The average molecular weight is 403 g/mol. The molecule has 0 unspecified atom stereocenters. The summed E-state index contributed by atoms with van der Waals surface area (Å²) in [6, 6.07) is 15.2. The number of para-hydroxylation sites is 1. The predicted molar refractivity (Wildman–Crippen MR) is 98.1 cm³/mol. The van der Waals surface area contributed by atoms with Crippen molar-refractivity contribution in [3.05, 3.63) is 78.0 Å². The molecule has 0 saturated heterocycles. The minimum absolute atomic E-state index is 0.0129. The Balaban J connectivity index is 1.59. The maximum atomic E-state index is 12.5. The molecule has 0 N–H and O–H groups in total. The molecule has 0 aliphatic rings. The summed E-state index contributed by atoms with van der Waals surface area (Å²) in [7, 11) is 1.52. The van der Waals surface area contributed by atoms with E-state index in [1.165, 1.54) is 31.4 Å². The molecule has 8 heteroatoms. The lowest BCUT2D eigenvalue weighted by Gasteiger charge is -2.10. The van der Waals surface area contributed by atoms with Crippen molar-refractivity contribution < 1.29 is 32.2 Å². The van der Waals surface area contributed by atoms with Gasteiger partial charge in [0.1, 0.15) is 17.2 Å². The summed E-state index contributed by atoms with van der Waals surface area (Å²) < 4.78 is 53.5. The number of carbonyl (C=O) groups is 1. The zero-order chi connectivity index (χ0) is 20.9. The van der Waals surface area contributed by atoms with E-state index in [-0.39, 0.29) is 12.3 Å². The highest BCUT2D eigenvalue weighted by atomic mass is 19.4. The van der Waals surface area contributed by atoms with Gasteiger partial charge >= 0.3 is 12.1 Å². The number of methoxy groups -OCH3 is 1. The summed E-state index contributed by atoms with van der Waals surface area (Å²) in [5.41, 5.74) is -0.157. The van der Waals surface area contributed by atoms with Gasteiger partial charge in [-0.2, -0.15) is 13.2 Å². The number of benzene rings is 2. The first-order valence-corrected chi connectivity index (χ1v) is 8.49. The summed E-state index contributed by atoms with van der Waals surface area (Å²) in [6.07, 6.45) is -3.72. The lowest BCUT2D eigenvalue weighted by atomic mass is 10.1. The van der Waals surface area contributed by atoms with Gasteiger partial charge in [-0.15, -0.1) is 0 Å². The molecular formula is C21H16F3NO4. The second kappa shape index (κ2) is 8.64. The van der Waals surface area contributed by atoms with Gasteiger partial charge in [0.05, 0.1) is 19.1 Å². The topological polar surface area (TPSA) is 57.7 Å². The van der Waals surface area contributed by atoms with Crippen LogP contribution in [0.15, 0.2) is 66.9 Å². The Hall–Kier alpha value is -3.55. The largest absolute Gasteiger partial charge is 0.496 e. The maximum Gasteiger partial charge on any atom is 0.417 e. The zero-order valence-electron chi connectivity index (χ0n) is 15.3. The second-order valence-corrected chi connectivity index (χ2v) is 5.92. The Morgan fingerprint density at radius 3 is 2.28 bits per heavy atom. The van der Waals surface area contributed by atoms with E-state index < -0.39 is 17.7 Å². The Morgan fingerprint density at radius 1 is 0.966 bits per heavy atom. The van der Waals surface area contributed by atoms with Crippen LogP contribution < -0.4 is 14.2 Å². The van der Waals surface area contributed by atoms with E-state index in [1.807, 2.05) is 0 Å². The fraction of sp³-hybridized carbons (Fsp3) is 0.143. The molecular weight excluding hydrogens is 387 g/mol. The fourth-order valence-corrected chi connectivity index (χ4v) is 2.48. The first-order valence-electron chi connectivity index (χ1n) is 8.49. The molecule has 0 aliphatic carbocycles. The molecule has 5 nitrogen and oxygen atoms in total. The number of ether oxygens (including phenoxy) is 3. The van der Waals surface area contributed by atoms with Crippen molar-refractivity contribution in [1.29, 1.82) is 0 Å². The van der Waals surface area contributed by atoms with E-state index in [0.717, 1.165) is 12.1 Å². The highest BCUT2D eigenvalue weighted by molar-refractivity contribution is 5.76. The monoisotopic (exact) mass is 403 g/mol. The van der Waals surface area contributed by atoms with Gasteiger partial charge in [-0.1, -0.05) is 18.2 Å². The van der Waals surface area contributed by atoms with Crippen LogP contribution in [0.1, 0.15) is 11.1 Å². The summed E-state index contributed by atoms with van der Waals surface area (Å²) in [5, 5.41) is 0. The van der Waals surface area contributed by atoms with Crippen LogP contribution in [-0.2, 0) is 17.4 Å². The van der Waals surface area contributed by atoms with Crippen LogP contribution in [0.2, 0.25) is 0 Å². The molecule has 3 aromatic rings. The smallest absolute Gasteiger partial charge is 0.417 e. The number of alkyl halides is 3. The van der Waals surface area contributed by atoms with Gasteiger partial charge in [0.15, 0.2) is 0 Å². The van der Waals surface area contributed by atoms with Crippen LogP contribution in [-0.4, -0.2) is 18.1 Å². The number of pyridine rings is 1. The van der Waals surface area contributed by atoms with Gasteiger partial charge in [0, 0.05) is 17.8 Å². The molecule has 0 spiro atoms. The molecule has 0 atom stereocenters. The SMILES string of the molecule is COc1ccccc1CC(=O)Oc1ccc(Oc2ccc(C(F)(F)F)cn2)cc1. The molecule has 150 valence electrons. The van der Waals surface area contributed by atoms with Crippen LogP contribution in [0.5, 0.6) is 23.1 Å². The van der Waals surface area contributed by atoms with Crippen molar-refractivity contribution in [3.8, 4) is 23.1 Å². The van der Waals surface area contributed by atoms with Gasteiger partial charge < -0.3 is 14.2 Å². The molecule has 0 aliphatic heterocycles. The molecule has 0 radical (unpaired) electrons. The van der Waals surface area contributed by atoms with Crippen molar-refractivity contribution >= 4 is 5.97 Å². The van der Waals surface area contributed by atoms with Crippen LogP contribution in [0, 0.1) is 0 Å². The molecule has 0 fully saturated rings. The summed E-state index contributed by atoms with van der Waals surface area (Å²) >= 11 is 0. The Labute approximate surface area is 164 Å². The van der Waals surface area contributed by atoms with Gasteiger partial charge in [-0.25, -0.2) is 4.98 Å². The summed E-state index contributed by atoms with van der Waals surface area (Å²) in [6.45, 7) is 0. The third-order valence-corrected chi connectivity index (χ3v) is 3.87. The first kappa shape index (κ1) is 20.2. The third-order valence-electron chi connectivity index (χ3n) is 3.87. The van der Waals surface area contributed by atoms with Crippen molar-refractivity contribution in [2.45, 2.75) is 12.6 Å². The lowest BCUT2D eigenvalue weighted by molar-refractivity contribution is -0.138. The number of aromatic nitrogens is 1. The van der Waals surface area contributed by atoms with Crippen LogP contribution in [0.25, 0.3) is 0 Å². The van der Waals surface area contributed by atoms with Gasteiger partial charge in [-0.05, 0) is 36.4 Å². The predicted octanol–water partition coefficient (Wildman–Crippen LogP) is 5.05. The van der Waals surface area contributed by atoms with Crippen LogP contribution in [0.4, 0.5) is 13.2 Å². The number of rotatable bonds is 6. The minimum Gasteiger partial charge on any atom is -0.496 e. The molecule has 0 bridgehead atoms. The average Bonchev–Trinajstić information content (AvgIpc) is 2.69. The van der Waals surface area contributed by atoms with Gasteiger partial charge in [0.25, 0.3) is 0 Å². The molecule has 0 saturated carbocycles. The van der Waals surface area contributed by atoms with Gasteiger partial charge in [0.2, 0.25) is 5.88 Å². The van der Waals surface area contributed by atoms with E-state index >= 15 is 0 Å². The molecule has 2 aromatic carbocycles. The highest BCUT2D eigenvalue weighted by Gasteiger charge is 2.30.